The first kappa shape index (κ1) is 18.8. The minimum Gasteiger partial charge on any atom is -0.327 e. The van der Waals surface area contributed by atoms with Gasteiger partial charge < -0.3 is 10.2 Å². The maximum Gasteiger partial charge on any atom is 0.325 e. The lowest BCUT2D eigenvalue weighted by atomic mass is 9.77. The van der Waals surface area contributed by atoms with Crippen LogP contribution in [0.15, 0.2) is 0 Å². The van der Waals surface area contributed by atoms with Gasteiger partial charge in [-0.3, -0.25) is 14.5 Å². The zero-order valence-corrected chi connectivity index (χ0v) is 15.6. The summed E-state index contributed by atoms with van der Waals surface area (Å²) in [5.41, 5.74) is -0.800. The average Bonchev–Trinajstić information content (AvgIpc) is 2.87. The lowest BCUT2D eigenvalue weighted by molar-refractivity contribution is -0.140. The second-order valence-corrected chi connectivity index (χ2v) is 8.10. The number of hydrogen-bond acceptors (Lipinski definition) is 3. The molecule has 6 heteroatoms. The molecule has 0 atom stereocenters. The first-order valence-electron chi connectivity index (χ1n) is 9.84. The summed E-state index contributed by atoms with van der Waals surface area (Å²) in [5.74, 6) is 2.66. The molecular formula is C20H29N3O3. The molecule has 0 aromatic heterocycles. The third-order valence-corrected chi connectivity index (χ3v) is 6.26. The van der Waals surface area contributed by atoms with Gasteiger partial charge in [0.15, 0.2) is 0 Å². The van der Waals surface area contributed by atoms with Crippen molar-refractivity contribution >= 4 is 17.8 Å². The summed E-state index contributed by atoms with van der Waals surface area (Å²) in [6.45, 7) is 2.19. The van der Waals surface area contributed by atoms with Crippen LogP contribution in [0.25, 0.3) is 0 Å². The molecule has 0 radical (unpaired) electrons. The lowest BCUT2D eigenvalue weighted by Crippen LogP contribution is -2.51. The van der Waals surface area contributed by atoms with Gasteiger partial charge in [-0.15, -0.1) is 6.42 Å². The fourth-order valence-corrected chi connectivity index (χ4v) is 4.55. The molecule has 2 saturated carbocycles. The molecular weight excluding hydrogens is 330 g/mol. The van der Waals surface area contributed by atoms with E-state index in [1.165, 1.54) is 6.42 Å². The van der Waals surface area contributed by atoms with Gasteiger partial charge in [-0.1, -0.05) is 32.1 Å². The van der Waals surface area contributed by atoms with E-state index in [0.717, 1.165) is 43.4 Å². The van der Waals surface area contributed by atoms with E-state index in [1.54, 1.807) is 4.90 Å². The van der Waals surface area contributed by atoms with Crippen molar-refractivity contribution < 1.29 is 14.4 Å². The number of rotatable bonds is 4. The number of carbonyl (C=O) groups excluding carboxylic acids is 3. The summed E-state index contributed by atoms with van der Waals surface area (Å²) in [6, 6.07) is -0.320. The lowest BCUT2D eigenvalue weighted by Gasteiger charge is -2.35. The molecule has 1 spiro atoms. The highest BCUT2D eigenvalue weighted by Crippen LogP contribution is 2.36. The summed E-state index contributed by atoms with van der Waals surface area (Å²) in [7, 11) is 0. The second kappa shape index (κ2) is 7.69. The predicted octanol–water partition coefficient (Wildman–Crippen LogP) is 2.28. The van der Waals surface area contributed by atoms with E-state index in [0.29, 0.717) is 18.8 Å². The molecule has 1 saturated heterocycles. The van der Waals surface area contributed by atoms with Gasteiger partial charge in [0.2, 0.25) is 5.91 Å². The molecule has 0 aromatic rings. The number of urea groups is 1. The van der Waals surface area contributed by atoms with Crippen molar-refractivity contribution in [3.8, 4) is 12.3 Å². The SMILES string of the molecule is C#CCN(C(=O)CN1C(=O)NC2(CCC(C)CC2)C1=O)C1CCCCC1. The van der Waals surface area contributed by atoms with Crippen molar-refractivity contribution in [1.82, 2.24) is 15.1 Å². The second-order valence-electron chi connectivity index (χ2n) is 8.10. The molecule has 142 valence electrons. The maximum atomic E-state index is 12.9. The normalized spacial score (nSPS) is 29.5. The van der Waals surface area contributed by atoms with E-state index < -0.39 is 11.6 Å². The first-order chi connectivity index (χ1) is 12.5. The maximum absolute atomic E-state index is 12.9. The van der Waals surface area contributed by atoms with Gasteiger partial charge in [-0.25, -0.2) is 4.79 Å². The molecule has 26 heavy (non-hydrogen) atoms. The van der Waals surface area contributed by atoms with Gasteiger partial charge in [0, 0.05) is 6.04 Å². The number of hydrogen-bond donors (Lipinski definition) is 1. The van der Waals surface area contributed by atoms with Gasteiger partial charge in [-0.05, 0) is 44.4 Å². The van der Waals surface area contributed by atoms with Crippen LogP contribution in [-0.2, 0) is 9.59 Å². The molecule has 3 rings (SSSR count). The van der Waals surface area contributed by atoms with E-state index in [2.05, 4.69) is 18.2 Å². The summed E-state index contributed by atoms with van der Waals surface area (Å²) in [6.07, 6.45) is 13.8. The number of nitrogens with zero attached hydrogens (tertiary/aromatic N) is 2. The quantitative estimate of drug-likeness (QED) is 0.618. The van der Waals surface area contributed by atoms with E-state index in [4.69, 9.17) is 6.42 Å². The van der Waals surface area contributed by atoms with Crippen LogP contribution in [0.4, 0.5) is 4.79 Å². The number of amides is 4. The Bertz CT molecular complexity index is 610. The minimum atomic E-state index is -0.800. The molecule has 3 fully saturated rings. The Kier molecular flexibility index (Phi) is 5.55. The van der Waals surface area contributed by atoms with Crippen LogP contribution in [-0.4, -0.2) is 52.3 Å². The highest BCUT2D eigenvalue weighted by Gasteiger charge is 2.52. The van der Waals surface area contributed by atoms with E-state index in [1.807, 2.05) is 0 Å². The molecule has 6 nitrogen and oxygen atoms in total. The Morgan fingerprint density at radius 1 is 1.23 bits per heavy atom. The van der Waals surface area contributed by atoms with Crippen LogP contribution >= 0.6 is 0 Å². The predicted molar refractivity (Wildman–Crippen MR) is 98.0 cm³/mol. The van der Waals surface area contributed by atoms with E-state index in [9.17, 15) is 14.4 Å². The van der Waals surface area contributed by atoms with Gasteiger partial charge in [0.1, 0.15) is 12.1 Å². The van der Waals surface area contributed by atoms with Crippen molar-refractivity contribution in [3.05, 3.63) is 0 Å². The van der Waals surface area contributed by atoms with Crippen LogP contribution in [0.5, 0.6) is 0 Å². The number of imide groups is 1. The molecule has 2 aliphatic carbocycles. The molecule has 1 heterocycles. The van der Waals surface area contributed by atoms with Crippen LogP contribution in [0.1, 0.15) is 64.7 Å². The molecule has 0 aromatic carbocycles. The van der Waals surface area contributed by atoms with Crippen molar-refractivity contribution in [1.29, 1.82) is 0 Å². The fourth-order valence-electron chi connectivity index (χ4n) is 4.55. The highest BCUT2D eigenvalue weighted by atomic mass is 16.2. The summed E-state index contributed by atoms with van der Waals surface area (Å²) in [4.78, 5) is 41.0. The highest BCUT2D eigenvalue weighted by molar-refractivity contribution is 6.09. The number of nitrogens with one attached hydrogen (secondary N) is 1. The Balaban J connectivity index is 1.68. The van der Waals surface area contributed by atoms with Crippen molar-refractivity contribution in [2.75, 3.05) is 13.1 Å². The third-order valence-electron chi connectivity index (χ3n) is 6.26. The van der Waals surface area contributed by atoms with Gasteiger partial charge >= 0.3 is 6.03 Å². The van der Waals surface area contributed by atoms with Crippen molar-refractivity contribution in [3.63, 3.8) is 0 Å². The molecule has 3 aliphatic rings. The Hall–Kier alpha value is -2.03. The largest absolute Gasteiger partial charge is 0.327 e. The third kappa shape index (κ3) is 3.58. The molecule has 4 amide bonds. The van der Waals surface area contributed by atoms with Crippen LogP contribution < -0.4 is 5.32 Å². The Labute approximate surface area is 155 Å². The average molecular weight is 359 g/mol. The smallest absolute Gasteiger partial charge is 0.325 e. The van der Waals surface area contributed by atoms with Crippen LogP contribution in [0.2, 0.25) is 0 Å². The Morgan fingerprint density at radius 3 is 2.50 bits per heavy atom. The van der Waals surface area contributed by atoms with Crippen molar-refractivity contribution in [2.45, 2.75) is 76.3 Å². The topological polar surface area (TPSA) is 69.7 Å². The zero-order valence-electron chi connectivity index (χ0n) is 15.6. The minimum absolute atomic E-state index is 0.123. The zero-order chi connectivity index (χ0) is 18.7. The Morgan fingerprint density at radius 2 is 1.88 bits per heavy atom. The van der Waals surface area contributed by atoms with Crippen LogP contribution in [0, 0.1) is 18.3 Å². The summed E-state index contributed by atoms with van der Waals surface area (Å²) < 4.78 is 0. The summed E-state index contributed by atoms with van der Waals surface area (Å²) >= 11 is 0. The molecule has 0 unspecified atom stereocenters. The van der Waals surface area contributed by atoms with Gasteiger partial charge in [0.25, 0.3) is 5.91 Å². The van der Waals surface area contributed by atoms with E-state index in [-0.39, 0.29) is 30.9 Å². The number of carbonyl (C=O) groups is 3. The van der Waals surface area contributed by atoms with Gasteiger partial charge in [-0.2, -0.15) is 0 Å². The van der Waals surface area contributed by atoms with Crippen molar-refractivity contribution in [2.24, 2.45) is 5.92 Å². The molecule has 1 N–H and O–H groups in total. The van der Waals surface area contributed by atoms with E-state index >= 15 is 0 Å². The monoisotopic (exact) mass is 359 g/mol. The summed E-state index contributed by atoms with van der Waals surface area (Å²) in [5, 5.41) is 2.87. The fraction of sp³-hybridized carbons (Fsp3) is 0.750. The van der Waals surface area contributed by atoms with Crippen LogP contribution in [0.3, 0.4) is 0 Å². The first-order valence-corrected chi connectivity index (χ1v) is 9.84. The molecule has 1 aliphatic heterocycles. The number of terminal acetylenes is 1. The van der Waals surface area contributed by atoms with Gasteiger partial charge in [0.05, 0.1) is 6.54 Å². The molecule has 0 bridgehead atoms. The standard InChI is InChI=1S/C20H29N3O3/c1-3-13-22(16-7-5-4-6-8-16)17(24)14-23-18(25)20(21-19(23)26)11-9-15(2)10-12-20/h1,15-16H,4-14H2,2H3,(H,21,26).